The van der Waals surface area contributed by atoms with Gasteiger partial charge in [0, 0.05) is 34.1 Å². The first-order valence-electron chi connectivity index (χ1n) is 11.8. The fourth-order valence-corrected chi connectivity index (χ4v) is 6.97. The van der Waals surface area contributed by atoms with E-state index < -0.39 is 17.0 Å². The third kappa shape index (κ3) is 2.77. The number of hydrogen-bond donors (Lipinski definition) is 1. The maximum Gasteiger partial charge on any atom is 0.233 e. The van der Waals surface area contributed by atoms with E-state index in [9.17, 15) is 9.59 Å². The van der Waals surface area contributed by atoms with Crippen molar-refractivity contribution in [2.45, 2.75) is 31.1 Å². The predicted molar refractivity (Wildman–Crippen MR) is 150 cm³/mol. The third-order valence-electron chi connectivity index (χ3n) is 7.50. The molecule has 0 N–H and O–H groups in total. The van der Waals surface area contributed by atoms with E-state index in [0.717, 1.165) is 53.7 Å². The van der Waals surface area contributed by atoms with Crippen molar-refractivity contribution in [2.24, 2.45) is 0 Å². The third-order valence-corrected chi connectivity index (χ3v) is 8.54. The highest BCUT2D eigenvalue weighted by Crippen LogP contribution is 2.47. The second-order valence-corrected chi connectivity index (χ2v) is 11.8. The summed E-state index contributed by atoms with van der Waals surface area (Å²) >= 11 is 5.61. The average Bonchev–Trinajstić information content (AvgIpc) is 2.88. The minimum absolute atomic E-state index is 0.292. The summed E-state index contributed by atoms with van der Waals surface area (Å²) in [5.41, 5.74) is 0.690. The Bertz CT molecular complexity index is 2000. The van der Waals surface area contributed by atoms with Gasteiger partial charge in [-0.15, -0.1) is 0 Å². The number of benzene rings is 5. The smallest absolute Gasteiger partial charge is 0.233 e. The lowest BCUT2D eigenvalue weighted by Gasteiger charge is -2.30. The van der Waals surface area contributed by atoms with Gasteiger partial charge in [-0.2, -0.15) is 0 Å². The number of rotatable bonds is 6. The first-order chi connectivity index (χ1) is 17.4. The minimum Gasteiger partial charge on any atom is -0.426 e. The van der Waals surface area contributed by atoms with Gasteiger partial charge in [0.25, 0.3) is 0 Å². The molecule has 1 atom stereocenters. The topological polar surface area (TPSA) is 61.8 Å². The zero-order valence-corrected chi connectivity index (χ0v) is 21.6. The van der Waals surface area contributed by atoms with E-state index in [0.29, 0.717) is 29.7 Å². The maximum atomic E-state index is 13.2. The summed E-state index contributed by atoms with van der Waals surface area (Å²) in [5, 5.41) is 9.32. The number of hydrogen-bond acceptors (Lipinski definition) is 7. The summed E-state index contributed by atoms with van der Waals surface area (Å²) in [5.74, 6) is 0.661. The van der Waals surface area contributed by atoms with Gasteiger partial charge in [-0.05, 0) is 77.0 Å². The van der Waals surface area contributed by atoms with Crippen LogP contribution in [0.25, 0.3) is 54.9 Å². The molecule has 5 aromatic carbocycles. The lowest BCUT2D eigenvalue weighted by Crippen LogP contribution is -2.31. The molecule has 0 saturated heterocycles. The molecule has 7 rings (SSSR count). The summed E-state index contributed by atoms with van der Waals surface area (Å²) < 4.78 is 17.3. The first-order valence-corrected chi connectivity index (χ1v) is 12.9. The van der Waals surface area contributed by atoms with E-state index in [2.05, 4.69) is 51.0 Å². The van der Waals surface area contributed by atoms with Crippen molar-refractivity contribution in [3.8, 4) is 0 Å². The number of ether oxygens (including phenoxy) is 1. The van der Waals surface area contributed by atoms with Crippen LogP contribution in [0, 0.1) is 0 Å². The van der Waals surface area contributed by atoms with Gasteiger partial charge in [-0.3, -0.25) is 9.59 Å². The molecular weight excluding hydrogens is 492 g/mol. The summed E-state index contributed by atoms with van der Waals surface area (Å²) in [7, 11) is 1.68. The van der Waals surface area contributed by atoms with E-state index >= 15 is 0 Å². The summed E-state index contributed by atoms with van der Waals surface area (Å²) in [6.45, 7) is 4.64. The highest BCUT2D eigenvalue weighted by atomic mass is 32.2. The van der Waals surface area contributed by atoms with Crippen LogP contribution in [0.15, 0.2) is 46.0 Å². The Balaban J connectivity index is 1.73. The molecule has 36 heavy (non-hydrogen) atoms. The minimum atomic E-state index is -0.543. The van der Waals surface area contributed by atoms with Crippen LogP contribution in [0.2, 0.25) is 0 Å². The second-order valence-electron chi connectivity index (χ2n) is 10.2. The van der Waals surface area contributed by atoms with E-state index in [4.69, 9.17) is 13.1 Å². The van der Waals surface area contributed by atoms with Crippen molar-refractivity contribution in [3.63, 3.8) is 0 Å². The first kappa shape index (κ1) is 22.4. The molecule has 1 unspecified atom stereocenters. The monoisotopic (exact) mass is 514 g/mol. The summed E-state index contributed by atoms with van der Waals surface area (Å²) in [4.78, 5) is 26.3. The Labute approximate surface area is 215 Å². The molecule has 0 amide bonds. The van der Waals surface area contributed by atoms with Crippen LogP contribution in [-0.4, -0.2) is 18.5 Å². The van der Waals surface area contributed by atoms with Crippen LogP contribution in [0.5, 0.6) is 0 Å². The van der Waals surface area contributed by atoms with E-state index in [1.165, 1.54) is 12.0 Å². The van der Waals surface area contributed by atoms with Gasteiger partial charge in [0.1, 0.15) is 0 Å². The van der Waals surface area contributed by atoms with Crippen LogP contribution in [-0.2, 0) is 19.5 Å². The predicted octanol–water partition coefficient (Wildman–Crippen LogP) is 4.35. The van der Waals surface area contributed by atoms with Crippen molar-refractivity contribution in [2.75, 3.05) is 13.7 Å². The molecule has 0 bridgehead atoms. The summed E-state index contributed by atoms with van der Waals surface area (Å²) in [6.07, 6.45) is 1.96. The molecule has 7 heteroatoms. The molecular formula is C29H22O5S2. The van der Waals surface area contributed by atoms with E-state index in [1.54, 1.807) is 13.2 Å². The molecule has 5 aromatic rings. The molecule has 0 heterocycles. The Morgan fingerprint density at radius 1 is 0.944 bits per heavy atom. The fraction of sp³-hybridized carbons (Fsp3) is 0.241. The Morgan fingerprint density at radius 3 is 2.53 bits per heavy atom. The molecule has 180 valence electrons. The van der Waals surface area contributed by atoms with E-state index in [1.807, 2.05) is 12.1 Å². The molecule has 0 saturated carbocycles. The van der Waals surface area contributed by atoms with Gasteiger partial charge >= 0.3 is 0 Å². The van der Waals surface area contributed by atoms with Crippen molar-refractivity contribution < 1.29 is 13.1 Å². The molecule has 0 aromatic heterocycles. The number of thiol groups is 1. The standard InChI is InChI=1S/C29H22O5S2/c1-29(2,12-32-3)36-34-28-18-11-7-14-5-9-16-22-20(14)24(18)23-17(27(28)33-35)10-6-13-4-8-15(21(22)19(13)23)25(30)26(16)31/h4-8,10-11,27,35H,9,12H2,1-3H3. The van der Waals surface area contributed by atoms with Crippen LogP contribution < -0.4 is 21.3 Å². The molecule has 2 aliphatic carbocycles. The van der Waals surface area contributed by atoms with Gasteiger partial charge in [0.2, 0.25) is 10.9 Å². The fourth-order valence-electron chi connectivity index (χ4n) is 6.11. The largest absolute Gasteiger partial charge is 0.426 e. The van der Waals surface area contributed by atoms with E-state index in [-0.39, 0.29) is 4.75 Å². The molecule has 0 spiro atoms. The van der Waals surface area contributed by atoms with Crippen LogP contribution in [0.3, 0.4) is 0 Å². The zero-order valence-electron chi connectivity index (χ0n) is 19.9. The Hall–Kier alpha value is -2.84. The lowest BCUT2D eigenvalue weighted by molar-refractivity contribution is 0.176. The molecule has 0 aliphatic heterocycles. The molecule has 0 fully saturated rings. The van der Waals surface area contributed by atoms with Crippen molar-refractivity contribution in [3.05, 3.63) is 78.4 Å². The molecule has 0 radical (unpaired) electrons. The highest BCUT2D eigenvalue weighted by molar-refractivity contribution is 7.96. The van der Waals surface area contributed by atoms with Crippen molar-refractivity contribution in [1.82, 2.24) is 0 Å². The SMILES string of the molecule is COCC(C)(C)SOC1=c2ccc3c4c5c(c(=O)c(=O)c6ccc7ccc(c(c24)c7c65)C1OS)CC=3. The van der Waals surface area contributed by atoms with Crippen molar-refractivity contribution in [1.29, 1.82) is 0 Å². The Morgan fingerprint density at radius 2 is 1.75 bits per heavy atom. The van der Waals surface area contributed by atoms with Gasteiger partial charge in [0.15, 0.2) is 11.9 Å². The van der Waals surface area contributed by atoms with Crippen LogP contribution in [0.1, 0.15) is 31.1 Å². The quantitative estimate of drug-likeness (QED) is 0.120. The van der Waals surface area contributed by atoms with Gasteiger partial charge in [-0.1, -0.05) is 36.4 Å². The molecule has 5 nitrogen and oxygen atoms in total. The summed E-state index contributed by atoms with van der Waals surface area (Å²) in [6, 6.07) is 12.0. The van der Waals surface area contributed by atoms with Gasteiger partial charge in [-0.25, -0.2) is 0 Å². The normalized spacial score (nSPS) is 16.8. The zero-order chi connectivity index (χ0) is 24.9. The maximum absolute atomic E-state index is 13.2. The van der Waals surface area contributed by atoms with Crippen LogP contribution in [0.4, 0.5) is 0 Å². The van der Waals surface area contributed by atoms with Gasteiger partial charge in [0.05, 0.1) is 23.4 Å². The number of methoxy groups -OCH3 is 1. The van der Waals surface area contributed by atoms with Crippen molar-refractivity contribution >= 4 is 79.9 Å². The second kappa shape index (κ2) is 7.59. The van der Waals surface area contributed by atoms with Gasteiger partial charge < -0.3 is 13.1 Å². The average molecular weight is 515 g/mol. The van der Waals surface area contributed by atoms with Crippen LogP contribution >= 0.6 is 25.0 Å². The highest BCUT2D eigenvalue weighted by Gasteiger charge is 2.33. The molecule has 2 aliphatic rings. The lowest BCUT2D eigenvalue weighted by atomic mass is 9.79. The Kier molecular flexibility index (Phi) is 4.71.